The van der Waals surface area contributed by atoms with Gasteiger partial charge in [-0.05, 0) is 24.5 Å². The molecule has 0 spiro atoms. The number of rotatable bonds is 9. The summed E-state index contributed by atoms with van der Waals surface area (Å²) in [6.07, 6.45) is 2.08. The van der Waals surface area contributed by atoms with Gasteiger partial charge in [0.15, 0.2) is 0 Å². The first kappa shape index (κ1) is 20.8. The van der Waals surface area contributed by atoms with E-state index in [0.717, 1.165) is 18.2 Å². The van der Waals surface area contributed by atoms with Gasteiger partial charge in [0.2, 0.25) is 16.1 Å². The van der Waals surface area contributed by atoms with Crippen LogP contribution >= 0.6 is 0 Å². The van der Waals surface area contributed by atoms with Crippen LogP contribution in [0.5, 0.6) is 0 Å². The number of nitrogens with one attached hydrogen (secondary N) is 2. The fourth-order valence-corrected chi connectivity index (χ4v) is 3.27. The van der Waals surface area contributed by atoms with E-state index in [-0.39, 0.29) is 6.04 Å². The lowest BCUT2D eigenvalue weighted by atomic mass is 10.1. The van der Waals surface area contributed by atoms with Crippen molar-refractivity contribution < 1.29 is 22.7 Å². The van der Waals surface area contributed by atoms with Crippen LogP contribution < -0.4 is 10.0 Å². The molecule has 7 nitrogen and oxygen atoms in total. The van der Waals surface area contributed by atoms with E-state index in [1.54, 1.807) is 54.6 Å². The monoisotopic (exact) mass is 414 g/mol. The Hall–Kier alpha value is -2.97. The summed E-state index contributed by atoms with van der Waals surface area (Å²) in [5.41, 5.74) is 1.23. The number of carbonyl (C=O) groups excluding carboxylic acids is 2. The fourth-order valence-electron chi connectivity index (χ4n) is 2.52. The molecule has 1 aliphatic rings. The topological polar surface area (TPSA) is 102 Å². The van der Waals surface area contributed by atoms with Crippen LogP contribution in [0, 0.1) is 0 Å². The maximum absolute atomic E-state index is 12.5. The van der Waals surface area contributed by atoms with Crippen molar-refractivity contribution in [1.82, 2.24) is 10.0 Å². The predicted molar refractivity (Wildman–Crippen MR) is 109 cm³/mol. The van der Waals surface area contributed by atoms with Crippen molar-refractivity contribution in [2.45, 2.75) is 25.0 Å². The lowest BCUT2D eigenvalue weighted by Crippen LogP contribution is -2.36. The number of amides is 1. The minimum atomic E-state index is -3.84. The molecule has 0 heterocycles. The normalized spacial score (nSPS) is 15.0. The standard InChI is InChI=1S/C21H22N2O5S/c24-19(15-22-29(26,27)14-13-16-7-3-1-4-8-16)28-20(17-9-5-2-6-10-17)21(25)23-18-11-12-18/h1-10,13-14,18,20,22H,11-12,15H2,(H,23,25)/b14-13+/t20-/m1/s1. The second kappa shape index (κ2) is 9.49. The van der Waals surface area contributed by atoms with Gasteiger partial charge in [-0.2, -0.15) is 0 Å². The molecule has 8 heteroatoms. The van der Waals surface area contributed by atoms with Gasteiger partial charge in [-0.25, -0.2) is 13.1 Å². The highest BCUT2D eigenvalue weighted by molar-refractivity contribution is 7.92. The summed E-state index contributed by atoms with van der Waals surface area (Å²) in [5, 5.41) is 3.78. The van der Waals surface area contributed by atoms with Crippen LogP contribution in [0.15, 0.2) is 66.1 Å². The van der Waals surface area contributed by atoms with Gasteiger partial charge in [0.05, 0.1) is 0 Å². The zero-order chi connectivity index (χ0) is 20.7. The molecular weight excluding hydrogens is 392 g/mol. The summed E-state index contributed by atoms with van der Waals surface area (Å²) in [5.74, 6) is -1.26. The molecule has 2 aromatic rings. The van der Waals surface area contributed by atoms with Crippen molar-refractivity contribution in [3.8, 4) is 0 Å². The van der Waals surface area contributed by atoms with E-state index in [4.69, 9.17) is 4.74 Å². The summed E-state index contributed by atoms with van der Waals surface area (Å²) in [7, 11) is -3.84. The number of sulfonamides is 1. The van der Waals surface area contributed by atoms with Gasteiger partial charge < -0.3 is 10.1 Å². The van der Waals surface area contributed by atoms with Crippen LogP contribution in [0.3, 0.4) is 0 Å². The molecule has 2 aromatic carbocycles. The number of esters is 1. The van der Waals surface area contributed by atoms with Gasteiger partial charge in [-0.3, -0.25) is 9.59 Å². The summed E-state index contributed by atoms with van der Waals surface area (Å²) in [6, 6.07) is 17.6. The van der Waals surface area contributed by atoms with Gasteiger partial charge in [0.25, 0.3) is 5.91 Å². The van der Waals surface area contributed by atoms with Crippen LogP contribution in [0.2, 0.25) is 0 Å². The quantitative estimate of drug-likeness (QED) is 0.612. The zero-order valence-electron chi connectivity index (χ0n) is 15.7. The molecule has 3 rings (SSSR count). The highest BCUT2D eigenvalue weighted by Gasteiger charge is 2.30. The first-order valence-corrected chi connectivity index (χ1v) is 10.8. The maximum Gasteiger partial charge on any atom is 0.322 e. The van der Waals surface area contributed by atoms with E-state index in [0.29, 0.717) is 11.1 Å². The second-order valence-corrected chi connectivity index (χ2v) is 8.29. The highest BCUT2D eigenvalue weighted by Crippen LogP contribution is 2.23. The Morgan fingerprint density at radius 1 is 1.03 bits per heavy atom. The minimum absolute atomic E-state index is 0.106. The maximum atomic E-state index is 12.5. The highest BCUT2D eigenvalue weighted by atomic mass is 32.2. The summed E-state index contributed by atoms with van der Waals surface area (Å²) in [6.45, 7) is -0.582. The summed E-state index contributed by atoms with van der Waals surface area (Å²) < 4.78 is 31.6. The van der Waals surface area contributed by atoms with E-state index in [1.807, 2.05) is 6.07 Å². The van der Waals surface area contributed by atoms with Gasteiger partial charge in [0, 0.05) is 17.0 Å². The smallest absolute Gasteiger partial charge is 0.322 e. The molecule has 0 radical (unpaired) electrons. The largest absolute Gasteiger partial charge is 0.446 e. The molecule has 0 bridgehead atoms. The van der Waals surface area contributed by atoms with Gasteiger partial charge in [-0.15, -0.1) is 0 Å². The van der Waals surface area contributed by atoms with Crippen LogP contribution in [-0.2, 0) is 24.3 Å². The lowest BCUT2D eigenvalue weighted by Gasteiger charge is -2.18. The Morgan fingerprint density at radius 3 is 2.28 bits per heavy atom. The molecule has 0 saturated heterocycles. The average Bonchev–Trinajstić information content (AvgIpc) is 3.54. The molecule has 29 heavy (non-hydrogen) atoms. The van der Waals surface area contributed by atoms with Crippen LogP contribution in [-0.4, -0.2) is 32.9 Å². The van der Waals surface area contributed by atoms with Crippen molar-refractivity contribution in [2.75, 3.05) is 6.54 Å². The Kier molecular flexibility index (Phi) is 6.79. The average molecular weight is 414 g/mol. The Labute approximate surface area is 169 Å². The fraction of sp³-hybridized carbons (Fsp3) is 0.238. The van der Waals surface area contributed by atoms with E-state index < -0.39 is 34.5 Å². The van der Waals surface area contributed by atoms with Crippen molar-refractivity contribution in [3.63, 3.8) is 0 Å². The minimum Gasteiger partial charge on any atom is -0.446 e. The molecule has 1 aliphatic carbocycles. The van der Waals surface area contributed by atoms with Crippen molar-refractivity contribution in [3.05, 3.63) is 77.2 Å². The van der Waals surface area contributed by atoms with Crippen LogP contribution in [0.25, 0.3) is 6.08 Å². The molecule has 1 amide bonds. The van der Waals surface area contributed by atoms with Crippen molar-refractivity contribution in [1.29, 1.82) is 0 Å². The van der Waals surface area contributed by atoms with E-state index >= 15 is 0 Å². The van der Waals surface area contributed by atoms with Crippen molar-refractivity contribution in [2.24, 2.45) is 0 Å². The first-order chi connectivity index (χ1) is 13.9. The Morgan fingerprint density at radius 2 is 1.66 bits per heavy atom. The molecule has 152 valence electrons. The third-order valence-corrected chi connectivity index (χ3v) is 5.21. The van der Waals surface area contributed by atoms with E-state index in [2.05, 4.69) is 10.0 Å². The number of benzene rings is 2. The van der Waals surface area contributed by atoms with Crippen molar-refractivity contribution >= 4 is 28.0 Å². The summed E-state index contributed by atoms with van der Waals surface area (Å²) >= 11 is 0. The van der Waals surface area contributed by atoms with Gasteiger partial charge in [-0.1, -0.05) is 60.7 Å². The zero-order valence-corrected chi connectivity index (χ0v) is 16.5. The molecular formula is C21H22N2O5S. The summed E-state index contributed by atoms with van der Waals surface area (Å²) in [4.78, 5) is 24.7. The number of hydrogen-bond acceptors (Lipinski definition) is 5. The number of hydrogen-bond donors (Lipinski definition) is 2. The van der Waals surface area contributed by atoms with E-state index in [1.165, 1.54) is 6.08 Å². The number of ether oxygens (including phenoxy) is 1. The Bertz CT molecular complexity index is 971. The van der Waals surface area contributed by atoms with Gasteiger partial charge >= 0.3 is 5.97 Å². The SMILES string of the molecule is O=C(CNS(=O)(=O)/C=C/c1ccccc1)O[C@@H](C(=O)NC1CC1)c1ccccc1. The van der Waals surface area contributed by atoms with Crippen LogP contribution in [0.4, 0.5) is 0 Å². The predicted octanol–water partition coefficient (Wildman–Crippen LogP) is 2.14. The molecule has 1 atom stereocenters. The Balaban J connectivity index is 1.59. The molecule has 2 N–H and O–H groups in total. The number of carbonyl (C=O) groups is 2. The van der Waals surface area contributed by atoms with E-state index in [9.17, 15) is 18.0 Å². The molecule has 1 fully saturated rings. The third kappa shape index (κ3) is 6.85. The van der Waals surface area contributed by atoms with Gasteiger partial charge in [0.1, 0.15) is 6.54 Å². The molecule has 1 saturated carbocycles. The molecule has 0 aromatic heterocycles. The third-order valence-electron chi connectivity index (χ3n) is 4.17. The second-order valence-electron chi connectivity index (χ2n) is 6.64. The van der Waals surface area contributed by atoms with Crippen LogP contribution in [0.1, 0.15) is 30.1 Å². The first-order valence-electron chi connectivity index (χ1n) is 9.20. The lowest BCUT2D eigenvalue weighted by molar-refractivity contribution is -0.155. The molecule has 0 aliphatic heterocycles. The molecule has 0 unspecified atom stereocenters.